The van der Waals surface area contributed by atoms with Crippen LogP contribution < -0.4 is 14.8 Å². The van der Waals surface area contributed by atoms with Gasteiger partial charge in [0.1, 0.15) is 13.2 Å². The van der Waals surface area contributed by atoms with Crippen molar-refractivity contribution in [3.63, 3.8) is 0 Å². The summed E-state index contributed by atoms with van der Waals surface area (Å²) in [6, 6.07) is 5.13. The number of carbonyl (C=O) groups is 2. The summed E-state index contributed by atoms with van der Waals surface area (Å²) in [6.07, 6.45) is 0. The highest BCUT2D eigenvalue weighted by Gasteiger charge is 2.40. The van der Waals surface area contributed by atoms with Gasteiger partial charge in [-0.2, -0.15) is 0 Å². The summed E-state index contributed by atoms with van der Waals surface area (Å²) in [7, 11) is 1.55. The first-order valence-corrected chi connectivity index (χ1v) is 7.58. The molecular weight excluding hydrogens is 300 g/mol. The van der Waals surface area contributed by atoms with E-state index in [0.717, 1.165) is 0 Å². The van der Waals surface area contributed by atoms with Gasteiger partial charge < -0.3 is 24.4 Å². The first-order chi connectivity index (χ1) is 11.0. The molecular formula is C16H20N2O5. The maximum Gasteiger partial charge on any atom is 0.254 e. The van der Waals surface area contributed by atoms with Crippen LogP contribution in [0.5, 0.6) is 11.5 Å². The van der Waals surface area contributed by atoms with E-state index in [0.29, 0.717) is 43.4 Å². The van der Waals surface area contributed by atoms with Crippen molar-refractivity contribution in [1.82, 2.24) is 10.2 Å². The molecule has 0 unspecified atom stereocenters. The molecule has 3 rings (SSSR count). The maximum atomic E-state index is 12.7. The predicted octanol–water partition coefficient (Wildman–Crippen LogP) is 0.435. The summed E-state index contributed by atoms with van der Waals surface area (Å²) in [5.74, 6) is 0.826. The predicted molar refractivity (Wildman–Crippen MR) is 81.8 cm³/mol. The van der Waals surface area contributed by atoms with E-state index in [1.54, 1.807) is 37.1 Å². The zero-order valence-corrected chi connectivity index (χ0v) is 13.3. The van der Waals surface area contributed by atoms with Gasteiger partial charge in [0, 0.05) is 19.2 Å². The molecule has 1 fully saturated rings. The van der Waals surface area contributed by atoms with Gasteiger partial charge in [-0.05, 0) is 25.1 Å². The fourth-order valence-electron chi connectivity index (χ4n) is 2.80. The molecule has 0 saturated carbocycles. The van der Waals surface area contributed by atoms with Crippen molar-refractivity contribution in [2.45, 2.75) is 12.5 Å². The minimum atomic E-state index is -1.03. The molecule has 1 N–H and O–H groups in total. The standard InChI is InChI=1S/C16H20N2O5/c1-16(15(20)17-2)10-18(5-6-23-16)14(19)11-3-4-12-13(9-11)22-8-7-21-12/h3-4,9H,5-8,10H2,1-2H3,(H,17,20)/t16-/m0/s1. The number of fused-ring (bicyclic) bond motifs is 1. The van der Waals surface area contributed by atoms with Crippen molar-refractivity contribution >= 4 is 11.8 Å². The summed E-state index contributed by atoms with van der Waals surface area (Å²) >= 11 is 0. The van der Waals surface area contributed by atoms with E-state index in [1.807, 2.05) is 0 Å². The van der Waals surface area contributed by atoms with E-state index in [9.17, 15) is 9.59 Å². The van der Waals surface area contributed by atoms with Crippen molar-refractivity contribution in [3.05, 3.63) is 23.8 Å². The average molecular weight is 320 g/mol. The summed E-state index contributed by atoms with van der Waals surface area (Å²) < 4.78 is 16.5. The number of rotatable bonds is 2. The van der Waals surface area contributed by atoms with Crippen LogP contribution >= 0.6 is 0 Å². The number of hydrogen-bond donors (Lipinski definition) is 1. The SMILES string of the molecule is CNC(=O)[C@]1(C)CN(C(=O)c2ccc3c(c2)OCCO3)CCO1. The molecule has 2 aliphatic heterocycles. The summed E-state index contributed by atoms with van der Waals surface area (Å²) in [5.41, 5.74) is -0.522. The second kappa shape index (κ2) is 6.08. The minimum absolute atomic E-state index is 0.152. The highest BCUT2D eigenvalue weighted by Crippen LogP contribution is 2.31. The first kappa shape index (κ1) is 15.6. The Hall–Kier alpha value is -2.28. The molecule has 1 aromatic carbocycles. The molecule has 23 heavy (non-hydrogen) atoms. The first-order valence-electron chi connectivity index (χ1n) is 7.58. The summed E-state index contributed by atoms with van der Waals surface area (Å²) in [4.78, 5) is 26.3. The van der Waals surface area contributed by atoms with Crippen molar-refractivity contribution in [2.24, 2.45) is 0 Å². The van der Waals surface area contributed by atoms with Gasteiger partial charge in [-0.3, -0.25) is 9.59 Å². The Labute approximate surface area is 134 Å². The lowest BCUT2D eigenvalue weighted by Gasteiger charge is -2.39. The molecule has 0 aromatic heterocycles. The lowest BCUT2D eigenvalue weighted by Crippen LogP contribution is -2.58. The Morgan fingerprint density at radius 3 is 2.65 bits per heavy atom. The quantitative estimate of drug-likeness (QED) is 0.855. The zero-order chi connectivity index (χ0) is 16.4. The molecule has 0 radical (unpaired) electrons. The minimum Gasteiger partial charge on any atom is -0.486 e. The van der Waals surface area contributed by atoms with E-state index >= 15 is 0 Å². The fraction of sp³-hybridized carbons (Fsp3) is 0.500. The van der Waals surface area contributed by atoms with Gasteiger partial charge >= 0.3 is 0 Å². The molecule has 1 saturated heterocycles. The van der Waals surface area contributed by atoms with Crippen LogP contribution in [0.25, 0.3) is 0 Å². The van der Waals surface area contributed by atoms with Gasteiger partial charge in [-0.25, -0.2) is 0 Å². The van der Waals surface area contributed by atoms with E-state index in [1.165, 1.54) is 0 Å². The van der Waals surface area contributed by atoms with E-state index < -0.39 is 5.60 Å². The van der Waals surface area contributed by atoms with Crippen molar-refractivity contribution in [2.75, 3.05) is 40.0 Å². The molecule has 2 heterocycles. The van der Waals surface area contributed by atoms with Crippen LogP contribution in [0.2, 0.25) is 0 Å². The smallest absolute Gasteiger partial charge is 0.254 e. The number of nitrogens with one attached hydrogen (secondary N) is 1. The third kappa shape index (κ3) is 2.96. The highest BCUT2D eigenvalue weighted by atomic mass is 16.6. The summed E-state index contributed by atoms with van der Waals surface area (Å²) in [6.45, 7) is 3.64. The number of ether oxygens (including phenoxy) is 3. The molecule has 2 amide bonds. The van der Waals surface area contributed by atoms with Crippen LogP contribution in [0, 0.1) is 0 Å². The second-order valence-corrected chi connectivity index (χ2v) is 5.74. The molecule has 7 nitrogen and oxygen atoms in total. The van der Waals surface area contributed by atoms with Crippen LogP contribution in [-0.2, 0) is 9.53 Å². The zero-order valence-electron chi connectivity index (χ0n) is 13.3. The van der Waals surface area contributed by atoms with Crippen LogP contribution in [0.15, 0.2) is 18.2 Å². The number of nitrogens with zero attached hydrogens (tertiary/aromatic N) is 1. The van der Waals surface area contributed by atoms with Gasteiger partial charge in [0.05, 0.1) is 13.2 Å². The van der Waals surface area contributed by atoms with Crippen LogP contribution in [-0.4, -0.2) is 62.3 Å². The lowest BCUT2D eigenvalue weighted by atomic mass is 10.0. The normalized spacial score (nSPS) is 23.3. The molecule has 7 heteroatoms. The molecule has 1 atom stereocenters. The Kier molecular flexibility index (Phi) is 4.12. The molecule has 124 valence electrons. The Balaban J connectivity index is 1.78. The number of morpholine rings is 1. The van der Waals surface area contributed by atoms with Gasteiger partial charge in [-0.1, -0.05) is 0 Å². The number of benzene rings is 1. The average Bonchev–Trinajstić information content (AvgIpc) is 2.60. The second-order valence-electron chi connectivity index (χ2n) is 5.74. The topological polar surface area (TPSA) is 77.1 Å². The van der Waals surface area contributed by atoms with Crippen LogP contribution in [0.1, 0.15) is 17.3 Å². The number of carbonyl (C=O) groups excluding carboxylic acids is 2. The monoisotopic (exact) mass is 320 g/mol. The largest absolute Gasteiger partial charge is 0.486 e. The molecule has 0 aliphatic carbocycles. The Bertz CT molecular complexity index is 633. The number of hydrogen-bond acceptors (Lipinski definition) is 5. The van der Waals surface area contributed by atoms with Gasteiger partial charge in [-0.15, -0.1) is 0 Å². The van der Waals surface area contributed by atoms with Gasteiger partial charge in [0.2, 0.25) is 0 Å². The molecule has 0 spiro atoms. The van der Waals surface area contributed by atoms with Crippen LogP contribution in [0.4, 0.5) is 0 Å². The van der Waals surface area contributed by atoms with Crippen LogP contribution in [0.3, 0.4) is 0 Å². The van der Waals surface area contributed by atoms with Gasteiger partial charge in [0.25, 0.3) is 11.8 Å². The van der Waals surface area contributed by atoms with Crippen molar-refractivity contribution < 1.29 is 23.8 Å². The van der Waals surface area contributed by atoms with E-state index in [2.05, 4.69) is 5.32 Å². The maximum absolute atomic E-state index is 12.7. The lowest BCUT2D eigenvalue weighted by molar-refractivity contribution is -0.153. The van der Waals surface area contributed by atoms with E-state index in [-0.39, 0.29) is 18.4 Å². The van der Waals surface area contributed by atoms with Gasteiger partial charge in [0.15, 0.2) is 17.1 Å². The highest BCUT2D eigenvalue weighted by molar-refractivity contribution is 5.96. The fourth-order valence-corrected chi connectivity index (χ4v) is 2.80. The Morgan fingerprint density at radius 1 is 1.17 bits per heavy atom. The third-order valence-electron chi connectivity index (χ3n) is 4.06. The van der Waals surface area contributed by atoms with E-state index in [4.69, 9.17) is 14.2 Å². The van der Waals surface area contributed by atoms with Crippen molar-refractivity contribution in [3.8, 4) is 11.5 Å². The number of likely N-dealkylation sites (N-methyl/N-ethyl adjacent to an activating group) is 1. The molecule has 2 aliphatic rings. The summed E-state index contributed by atoms with van der Waals surface area (Å²) in [5, 5.41) is 2.58. The third-order valence-corrected chi connectivity index (χ3v) is 4.06. The Morgan fingerprint density at radius 2 is 1.91 bits per heavy atom. The molecule has 1 aromatic rings. The number of amides is 2. The van der Waals surface area contributed by atoms with Crippen molar-refractivity contribution in [1.29, 1.82) is 0 Å². The molecule has 0 bridgehead atoms.